The van der Waals surface area contributed by atoms with E-state index in [4.69, 9.17) is 21.9 Å². The Hall–Kier alpha value is -2.24. The lowest BCUT2D eigenvalue weighted by atomic mass is 9.46. The van der Waals surface area contributed by atoms with Gasteiger partial charge < -0.3 is 27.7 Å². The molecule has 5 nitrogen and oxygen atoms in total. The number of nitrogens with two attached hydrogens (primary N) is 4. The molecule has 0 aromatic heterocycles. The molecule has 10 unspecified atom stereocenters. The number of hydrogen-bond donors (Lipinski definition) is 4. The summed E-state index contributed by atoms with van der Waals surface area (Å²) in [6.45, 7) is 26.2. The Labute approximate surface area is 310 Å². The fourth-order valence-electron chi connectivity index (χ4n) is 9.82. The fraction of sp³-hybridized carbons (Fsp3) is 0.733. The van der Waals surface area contributed by atoms with E-state index in [-0.39, 0.29) is 6.04 Å². The van der Waals surface area contributed by atoms with Crippen LogP contribution in [0.1, 0.15) is 140 Å². The Kier molecular flexibility index (Phi) is 20.7. The summed E-state index contributed by atoms with van der Waals surface area (Å²) in [5, 5.41) is 0. The van der Waals surface area contributed by atoms with Crippen molar-refractivity contribution in [1.82, 2.24) is 0 Å². The lowest BCUT2D eigenvalue weighted by Crippen LogP contribution is -2.52. The van der Waals surface area contributed by atoms with Crippen molar-refractivity contribution >= 4 is 5.69 Å². The summed E-state index contributed by atoms with van der Waals surface area (Å²) in [7, 11) is 1.50. The van der Waals surface area contributed by atoms with Gasteiger partial charge in [0.1, 0.15) is 5.75 Å². The van der Waals surface area contributed by atoms with Crippen molar-refractivity contribution in [3.63, 3.8) is 0 Å². The van der Waals surface area contributed by atoms with E-state index in [1.54, 1.807) is 12.2 Å². The van der Waals surface area contributed by atoms with E-state index < -0.39 is 0 Å². The minimum Gasteiger partial charge on any atom is -0.490 e. The molecule has 0 saturated heterocycles. The molecule has 50 heavy (non-hydrogen) atoms. The Morgan fingerprint density at radius 1 is 0.900 bits per heavy atom. The monoisotopic (exact) mass is 695 g/mol. The number of nitrogen functional groups attached to an aromatic ring is 1. The Morgan fingerprint density at radius 2 is 1.48 bits per heavy atom. The highest BCUT2D eigenvalue weighted by atomic mass is 16.5. The van der Waals surface area contributed by atoms with Crippen LogP contribution in [0, 0.1) is 52.3 Å². The smallest absolute Gasteiger partial charge is 0.119 e. The molecule has 0 heterocycles. The van der Waals surface area contributed by atoms with Crippen molar-refractivity contribution < 1.29 is 4.74 Å². The molecular formula is C45H82N4O. The molecule has 5 heteroatoms. The molecule has 288 valence electrons. The molecule has 4 aliphatic carbocycles. The van der Waals surface area contributed by atoms with Gasteiger partial charge in [-0.1, -0.05) is 107 Å². The Bertz CT molecular complexity index is 1130. The van der Waals surface area contributed by atoms with Crippen LogP contribution >= 0.6 is 0 Å². The maximum atomic E-state index is 6.42. The molecule has 3 saturated carbocycles. The van der Waals surface area contributed by atoms with Gasteiger partial charge >= 0.3 is 0 Å². The molecule has 1 aromatic rings. The summed E-state index contributed by atoms with van der Waals surface area (Å²) in [5.41, 5.74) is 23.5. The maximum absolute atomic E-state index is 6.42. The first kappa shape index (κ1) is 45.8. The van der Waals surface area contributed by atoms with Gasteiger partial charge in [-0.15, -0.1) is 0 Å². The van der Waals surface area contributed by atoms with Gasteiger partial charge in [-0.25, -0.2) is 0 Å². The highest BCUT2D eigenvalue weighted by Crippen LogP contribution is 2.67. The zero-order chi connectivity index (χ0) is 38.1. The minimum absolute atomic E-state index is 0.0213. The van der Waals surface area contributed by atoms with Crippen molar-refractivity contribution in [3.8, 4) is 5.75 Å². The number of anilines is 1. The average Bonchev–Trinajstić information content (AvgIpc) is 3.45. The summed E-state index contributed by atoms with van der Waals surface area (Å²) in [4.78, 5) is 0. The third-order valence-corrected chi connectivity index (χ3v) is 12.2. The number of hydrogen-bond acceptors (Lipinski definition) is 5. The molecule has 0 amide bonds. The fourth-order valence-corrected chi connectivity index (χ4v) is 9.82. The van der Waals surface area contributed by atoms with E-state index in [0.29, 0.717) is 28.5 Å². The van der Waals surface area contributed by atoms with Gasteiger partial charge in [0.25, 0.3) is 0 Å². The van der Waals surface area contributed by atoms with Crippen molar-refractivity contribution in [2.45, 2.75) is 152 Å². The van der Waals surface area contributed by atoms with Crippen molar-refractivity contribution in [2.24, 2.45) is 69.5 Å². The summed E-state index contributed by atoms with van der Waals surface area (Å²) < 4.78 is 6.42. The van der Waals surface area contributed by atoms with Crippen LogP contribution in [0.15, 0.2) is 60.8 Å². The van der Waals surface area contributed by atoms with Gasteiger partial charge in [0.05, 0.1) is 6.10 Å². The molecule has 0 spiro atoms. The van der Waals surface area contributed by atoms with Crippen LogP contribution in [-0.2, 0) is 0 Å². The molecule has 5 rings (SSSR count). The quantitative estimate of drug-likeness (QED) is 0.117. The van der Waals surface area contributed by atoms with Crippen LogP contribution < -0.4 is 27.7 Å². The van der Waals surface area contributed by atoms with E-state index in [0.717, 1.165) is 53.4 Å². The summed E-state index contributed by atoms with van der Waals surface area (Å²) in [5.74, 6) is 6.86. The summed E-state index contributed by atoms with van der Waals surface area (Å²) in [6, 6.07) is 7.97. The second kappa shape index (κ2) is 22.6. The number of allylic oxidation sites excluding steroid dienone is 3. The summed E-state index contributed by atoms with van der Waals surface area (Å²) in [6.07, 6.45) is 24.0. The molecule has 0 aliphatic heterocycles. The zero-order valence-electron chi connectivity index (χ0n) is 34.5. The third-order valence-electron chi connectivity index (χ3n) is 12.2. The first-order valence-electron chi connectivity index (χ1n) is 20.4. The molecular weight excluding hydrogens is 613 g/mol. The molecule has 4 aliphatic rings. The van der Waals surface area contributed by atoms with Crippen LogP contribution in [0.3, 0.4) is 0 Å². The normalized spacial score (nSPS) is 31.9. The standard InChI is InChI=1S/C33H51NO.C6H12N2.C3H8.C2H6.CH5N/c1-22(2)7-6-8-23(3)29-15-16-30-28-14-9-24-21-27(35-26-12-10-25(34)11-13-26)17-19-32(24,4)31(28)18-20-33(29,30)5;1-3-6(8)4-5(2)7;1-3-2;2*1-2/h9-14,22-24,27-31H,6-8,15-21,34H2,1-5H3;3-5H,1,7-8H2,2H3;3H2,1-2H3;1-2H3;2H2,1H3/b;6-4+;;;. The van der Waals surface area contributed by atoms with E-state index in [2.05, 4.69) is 72.9 Å². The molecule has 8 N–H and O–H groups in total. The van der Waals surface area contributed by atoms with Gasteiger partial charge in [0.2, 0.25) is 0 Å². The lowest BCUT2D eigenvalue weighted by Gasteiger charge is -2.59. The van der Waals surface area contributed by atoms with Crippen LogP contribution in [0.2, 0.25) is 0 Å². The topological polar surface area (TPSA) is 113 Å². The van der Waals surface area contributed by atoms with E-state index >= 15 is 0 Å². The van der Waals surface area contributed by atoms with Crippen molar-refractivity contribution in [1.29, 1.82) is 0 Å². The first-order valence-corrected chi connectivity index (χ1v) is 20.4. The Balaban J connectivity index is 0.000000713. The van der Waals surface area contributed by atoms with Crippen LogP contribution in [0.25, 0.3) is 0 Å². The van der Waals surface area contributed by atoms with Gasteiger partial charge in [-0.3, -0.25) is 0 Å². The highest BCUT2D eigenvalue weighted by Gasteiger charge is 2.59. The van der Waals surface area contributed by atoms with E-state index in [1.165, 1.54) is 71.3 Å². The number of rotatable bonds is 9. The largest absolute Gasteiger partial charge is 0.490 e. The summed E-state index contributed by atoms with van der Waals surface area (Å²) >= 11 is 0. The first-order chi connectivity index (χ1) is 23.8. The van der Waals surface area contributed by atoms with Gasteiger partial charge in [-0.05, 0) is 148 Å². The van der Waals surface area contributed by atoms with Crippen LogP contribution in [0.5, 0.6) is 5.75 Å². The Morgan fingerprint density at radius 3 is 2.02 bits per heavy atom. The molecule has 0 bridgehead atoms. The van der Waals surface area contributed by atoms with Gasteiger partial charge in [-0.2, -0.15) is 0 Å². The zero-order valence-corrected chi connectivity index (χ0v) is 34.5. The van der Waals surface area contributed by atoms with Gasteiger partial charge in [0.15, 0.2) is 0 Å². The van der Waals surface area contributed by atoms with E-state index in [1.807, 2.05) is 45.0 Å². The SMILES string of the molecule is C=C/C(N)=C\C(C)N.CC.CC(C)CCCC(C)C1CCC2C3C=CC4CC(Oc5ccc(N)cc5)CCC4(C)C3CCC12C.CCC.CN. The molecule has 0 radical (unpaired) electrons. The van der Waals surface area contributed by atoms with E-state index in [9.17, 15) is 0 Å². The highest BCUT2D eigenvalue weighted by molar-refractivity contribution is 5.41. The predicted molar refractivity (Wildman–Crippen MR) is 222 cm³/mol. The van der Waals surface area contributed by atoms with Gasteiger partial charge in [0, 0.05) is 17.4 Å². The van der Waals surface area contributed by atoms with Crippen LogP contribution in [-0.4, -0.2) is 19.2 Å². The average molecular weight is 695 g/mol. The van der Waals surface area contributed by atoms with Crippen molar-refractivity contribution in [3.05, 3.63) is 60.8 Å². The minimum atomic E-state index is 0.0213. The third kappa shape index (κ3) is 12.5. The second-order valence-electron chi connectivity index (χ2n) is 16.3. The number of ether oxygens (including phenoxy) is 1. The molecule has 3 fully saturated rings. The lowest BCUT2D eigenvalue weighted by molar-refractivity contribution is -0.0783. The molecule has 10 atom stereocenters. The van der Waals surface area contributed by atoms with Crippen LogP contribution in [0.4, 0.5) is 5.69 Å². The maximum Gasteiger partial charge on any atom is 0.119 e. The molecule has 1 aromatic carbocycles. The van der Waals surface area contributed by atoms with Crippen molar-refractivity contribution in [2.75, 3.05) is 12.8 Å². The predicted octanol–water partition coefficient (Wildman–Crippen LogP) is 11.3. The number of fused-ring (bicyclic) bond motifs is 5. The number of benzene rings is 1. The second-order valence-corrected chi connectivity index (χ2v) is 16.3.